The molecule has 0 aromatic carbocycles. The Balaban J connectivity index is 1.72. The molecule has 2 N–H and O–H groups in total. The topological polar surface area (TPSA) is 54.0 Å². The summed E-state index contributed by atoms with van der Waals surface area (Å²) in [7, 11) is 0. The Labute approximate surface area is 119 Å². The zero-order valence-corrected chi connectivity index (χ0v) is 12.6. The average Bonchev–Trinajstić information content (AvgIpc) is 2.84. The molecular formula is C14H23N3OS. The quantitative estimate of drug-likeness (QED) is 0.866. The van der Waals surface area contributed by atoms with Crippen LogP contribution in [0.4, 0.5) is 0 Å². The summed E-state index contributed by atoms with van der Waals surface area (Å²) >= 11 is 1.66. The monoisotopic (exact) mass is 281 g/mol. The number of thiazole rings is 1. The van der Waals surface area contributed by atoms with Crippen LogP contribution in [-0.4, -0.2) is 30.0 Å². The van der Waals surface area contributed by atoms with Crippen LogP contribution in [0.5, 0.6) is 0 Å². The van der Waals surface area contributed by atoms with Gasteiger partial charge in [-0.05, 0) is 32.2 Å². The van der Waals surface area contributed by atoms with Gasteiger partial charge in [-0.25, -0.2) is 4.98 Å². The Kier molecular flexibility index (Phi) is 5.34. The molecule has 2 rings (SSSR count). The Morgan fingerprint density at radius 1 is 1.63 bits per heavy atom. The number of carbonyl (C=O) groups excluding carboxylic acids is 1. The summed E-state index contributed by atoms with van der Waals surface area (Å²) in [5.74, 6) is 0.838. The van der Waals surface area contributed by atoms with E-state index in [1.807, 2.05) is 12.3 Å². The predicted molar refractivity (Wildman–Crippen MR) is 78.4 cm³/mol. The molecule has 19 heavy (non-hydrogen) atoms. The van der Waals surface area contributed by atoms with E-state index in [1.54, 1.807) is 11.3 Å². The Hall–Kier alpha value is -0.940. The summed E-state index contributed by atoms with van der Waals surface area (Å²) in [6.45, 7) is 5.84. The number of nitrogens with zero attached hydrogens (tertiary/aromatic N) is 1. The van der Waals surface area contributed by atoms with Gasteiger partial charge < -0.3 is 10.6 Å². The van der Waals surface area contributed by atoms with Crippen LogP contribution in [-0.2, 0) is 11.2 Å². The van der Waals surface area contributed by atoms with Crippen molar-refractivity contribution in [3.63, 3.8) is 0 Å². The lowest BCUT2D eigenvalue weighted by Gasteiger charge is -2.28. The van der Waals surface area contributed by atoms with E-state index < -0.39 is 0 Å². The van der Waals surface area contributed by atoms with Gasteiger partial charge in [-0.3, -0.25) is 4.79 Å². The summed E-state index contributed by atoms with van der Waals surface area (Å²) in [5.41, 5.74) is 1.06. The van der Waals surface area contributed by atoms with Gasteiger partial charge in [-0.2, -0.15) is 0 Å². The number of hydrogen-bond donors (Lipinski definition) is 2. The molecule has 4 nitrogen and oxygen atoms in total. The number of piperidine rings is 1. The van der Waals surface area contributed by atoms with Crippen LogP contribution < -0.4 is 10.6 Å². The highest BCUT2D eigenvalue weighted by Gasteiger charge is 2.25. The van der Waals surface area contributed by atoms with E-state index in [4.69, 9.17) is 0 Å². The molecule has 0 bridgehead atoms. The minimum atomic E-state index is -0.00303. The van der Waals surface area contributed by atoms with E-state index in [2.05, 4.69) is 22.5 Å². The smallest absolute Gasteiger partial charge is 0.237 e. The zero-order valence-electron chi connectivity index (χ0n) is 11.7. The Morgan fingerprint density at radius 2 is 2.47 bits per heavy atom. The molecule has 0 saturated carbocycles. The maximum absolute atomic E-state index is 12.1. The lowest BCUT2D eigenvalue weighted by atomic mass is 9.90. The lowest BCUT2D eigenvalue weighted by Crippen LogP contribution is -2.49. The summed E-state index contributed by atoms with van der Waals surface area (Å²) < 4.78 is 0. The van der Waals surface area contributed by atoms with Crippen molar-refractivity contribution in [2.24, 2.45) is 5.92 Å². The van der Waals surface area contributed by atoms with Crippen LogP contribution in [0.25, 0.3) is 0 Å². The molecule has 106 valence electrons. The van der Waals surface area contributed by atoms with Crippen LogP contribution in [0.3, 0.4) is 0 Å². The summed E-state index contributed by atoms with van der Waals surface area (Å²) in [4.78, 5) is 16.5. The van der Waals surface area contributed by atoms with Crippen molar-refractivity contribution in [3.05, 3.63) is 16.1 Å². The van der Waals surface area contributed by atoms with Crippen molar-refractivity contribution < 1.29 is 4.79 Å². The molecule has 1 saturated heterocycles. The SMILES string of the molecule is CCC1CCNC(C(=O)NCCc2nc(C)cs2)C1. The van der Waals surface area contributed by atoms with Gasteiger partial charge in [-0.1, -0.05) is 13.3 Å². The van der Waals surface area contributed by atoms with Crippen molar-refractivity contribution >= 4 is 17.2 Å². The van der Waals surface area contributed by atoms with Gasteiger partial charge in [0.1, 0.15) is 0 Å². The van der Waals surface area contributed by atoms with Gasteiger partial charge in [0.05, 0.1) is 11.0 Å². The molecule has 2 atom stereocenters. The molecule has 1 aromatic rings. The molecule has 0 aliphatic carbocycles. The van der Waals surface area contributed by atoms with Crippen molar-refractivity contribution in [3.8, 4) is 0 Å². The maximum Gasteiger partial charge on any atom is 0.237 e. The van der Waals surface area contributed by atoms with Crippen LogP contribution in [0.2, 0.25) is 0 Å². The van der Waals surface area contributed by atoms with E-state index >= 15 is 0 Å². The third-order valence-corrected chi connectivity index (χ3v) is 4.74. The van der Waals surface area contributed by atoms with E-state index in [0.29, 0.717) is 12.5 Å². The minimum absolute atomic E-state index is 0.00303. The first-order valence-electron chi connectivity index (χ1n) is 7.11. The summed E-state index contributed by atoms with van der Waals surface area (Å²) in [6.07, 6.45) is 4.16. The first kappa shape index (κ1) is 14.5. The molecule has 0 spiro atoms. The molecule has 2 unspecified atom stereocenters. The van der Waals surface area contributed by atoms with Gasteiger partial charge in [0.2, 0.25) is 5.91 Å². The van der Waals surface area contributed by atoms with Gasteiger partial charge in [-0.15, -0.1) is 11.3 Å². The van der Waals surface area contributed by atoms with Gasteiger partial charge in [0.15, 0.2) is 0 Å². The fourth-order valence-electron chi connectivity index (χ4n) is 2.50. The second-order valence-electron chi connectivity index (χ2n) is 5.23. The number of carbonyl (C=O) groups is 1. The molecule has 1 aliphatic heterocycles. The zero-order chi connectivity index (χ0) is 13.7. The standard InChI is InChI=1S/C14H23N3OS/c1-3-11-4-6-15-12(8-11)14(18)16-7-5-13-17-10(2)9-19-13/h9,11-12,15H,3-8H2,1-2H3,(H,16,18). The van der Waals surface area contributed by atoms with Gasteiger partial charge in [0.25, 0.3) is 0 Å². The summed E-state index contributed by atoms with van der Waals surface area (Å²) in [6, 6.07) is -0.00303. The maximum atomic E-state index is 12.1. The fourth-order valence-corrected chi connectivity index (χ4v) is 3.28. The van der Waals surface area contributed by atoms with Gasteiger partial charge in [0, 0.05) is 24.0 Å². The number of nitrogens with one attached hydrogen (secondary N) is 2. The molecule has 1 aliphatic rings. The van der Waals surface area contributed by atoms with Crippen molar-refractivity contribution in [2.75, 3.05) is 13.1 Å². The third-order valence-electron chi connectivity index (χ3n) is 3.71. The first-order chi connectivity index (χ1) is 9.19. The number of amides is 1. The highest BCUT2D eigenvalue weighted by atomic mass is 32.1. The lowest BCUT2D eigenvalue weighted by molar-refractivity contribution is -0.124. The van der Waals surface area contributed by atoms with E-state index in [9.17, 15) is 4.79 Å². The van der Waals surface area contributed by atoms with E-state index in [-0.39, 0.29) is 11.9 Å². The predicted octanol–water partition coefficient (Wildman–Crippen LogP) is 1.89. The van der Waals surface area contributed by atoms with Crippen LogP contribution in [0.15, 0.2) is 5.38 Å². The fraction of sp³-hybridized carbons (Fsp3) is 0.714. The van der Waals surface area contributed by atoms with E-state index in [0.717, 1.165) is 30.1 Å². The van der Waals surface area contributed by atoms with Gasteiger partial charge >= 0.3 is 0 Å². The van der Waals surface area contributed by atoms with E-state index in [1.165, 1.54) is 12.8 Å². The van der Waals surface area contributed by atoms with Crippen LogP contribution in [0.1, 0.15) is 36.9 Å². The van der Waals surface area contributed by atoms with Crippen molar-refractivity contribution in [2.45, 2.75) is 45.6 Å². The molecule has 1 aromatic heterocycles. The highest BCUT2D eigenvalue weighted by Crippen LogP contribution is 2.19. The number of hydrogen-bond acceptors (Lipinski definition) is 4. The second kappa shape index (κ2) is 7.01. The Bertz CT molecular complexity index is 419. The number of rotatable bonds is 5. The summed E-state index contributed by atoms with van der Waals surface area (Å²) in [5, 5.41) is 9.48. The Morgan fingerprint density at radius 3 is 3.16 bits per heavy atom. The largest absolute Gasteiger partial charge is 0.354 e. The molecule has 0 radical (unpaired) electrons. The molecule has 1 fully saturated rings. The van der Waals surface area contributed by atoms with Crippen molar-refractivity contribution in [1.29, 1.82) is 0 Å². The van der Waals surface area contributed by atoms with Crippen molar-refractivity contribution in [1.82, 2.24) is 15.6 Å². The third kappa shape index (κ3) is 4.28. The minimum Gasteiger partial charge on any atom is -0.354 e. The first-order valence-corrected chi connectivity index (χ1v) is 7.99. The average molecular weight is 281 g/mol. The molecule has 1 amide bonds. The molecule has 2 heterocycles. The number of aryl methyl sites for hydroxylation is 1. The van der Waals surface area contributed by atoms with Crippen LogP contribution in [0, 0.1) is 12.8 Å². The van der Waals surface area contributed by atoms with Crippen LogP contribution >= 0.6 is 11.3 Å². The normalized spacial score (nSPS) is 23.3. The number of aromatic nitrogens is 1. The highest BCUT2D eigenvalue weighted by molar-refractivity contribution is 7.09. The molecule has 5 heteroatoms. The molecular weight excluding hydrogens is 258 g/mol. The second-order valence-corrected chi connectivity index (χ2v) is 6.17.